The highest BCUT2D eigenvalue weighted by atomic mass is 35.5. The molecule has 3 unspecified atom stereocenters. The van der Waals surface area contributed by atoms with Crippen LogP contribution in [-0.4, -0.2) is 13.7 Å². The third-order valence-corrected chi connectivity index (χ3v) is 5.11. The molecule has 1 aromatic carbocycles. The summed E-state index contributed by atoms with van der Waals surface area (Å²) in [6.45, 7) is 5.46. The van der Waals surface area contributed by atoms with Crippen LogP contribution in [0.1, 0.15) is 57.6 Å². The van der Waals surface area contributed by atoms with Crippen LogP contribution in [0.25, 0.3) is 0 Å². The molecule has 118 valence electrons. The van der Waals surface area contributed by atoms with Gasteiger partial charge in [0.15, 0.2) is 0 Å². The summed E-state index contributed by atoms with van der Waals surface area (Å²) in [4.78, 5) is 0. The topological polar surface area (TPSA) is 21.3 Å². The highest BCUT2D eigenvalue weighted by molar-refractivity contribution is 6.30. The largest absolute Gasteiger partial charge is 0.496 e. The highest BCUT2D eigenvalue weighted by Crippen LogP contribution is 2.43. The molecule has 0 saturated heterocycles. The predicted octanol–water partition coefficient (Wildman–Crippen LogP) is 5.22. The van der Waals surface area contributed by atoms with Crippen LogP contribution in [0.5, 0.6) is 5.75 Å². The average Bonchev–Trinajstić information content (AvgIpc) is 2.52. The summed E-state index contributed by atoms with van der Waals surface area (Å²) in [6, 6.07) is 6.32. The quantitative estimate of drug-likeness (QED) is 0.778. The number of halogens is 1. The van der Waals surface area contributed by atoms with Gasteiger partial charge in [-0.15, -0.1) is 0 Å². The molecule has 2 nitrogen and oxygen atoms in total. The minimum absolute atomic E-state index is 0.342. The van der Waals surface area contributed by atoms with Crippen molar-refractivity contribution in [1.82, 2.24) is 5.32 Å². The van der Waals surface area contributed by atoms with E-state index in [1.54, 1.807) is 7.11 Å². The van der Waals surface area contributed by atoms with Gasteiger partial charge in [0.25, 0.3) is 0 Å². The van der Waals surface area contributed by atoms with E-state index in [0.29, 0.717) is 12.0 Å². The number of hydrogen-bond acceptors (Lipinski definition) is 2. The Kier molecular flexibility index (Phi) is 6.38. The first-order valence-electron chi connectivity index (χ1n) is 8.28. The minimum Gasteiger partial charge on any atom is -0.496 e. The zero-order valence-corrected chi connectivity index (χ0v) is 14.2. The first kappa shape index (κ1) is 16.6. The zero-order chi connectivity index (χ0) is 15.2. The van der Waals surface area contributed by atoms with E-state index in [1.807, 2.05) is 12.1 Å². The Morgan fingerprint density at radius 1 is 1.29 bits per heavy atom. The Hall–Kier alpha value is -0.730. The summed E-state index contributed by atoms with van der Waals surface area (Å²) < 4.78 is 5.59. The van der Waals surface area contributed by atoms with Gasteiger partial charge in [0.1, 0.15) is 5.75 Å². The molecule has 21 heavy (non-hydrogen) atoms. The standard InChI is InChI=1S/C18H28ClNO/c1-4-13-8-6-7-9-15(13)18(20-5-2)16-12-14(19)10-11-17(16)21-3/h10-13,15,18,20H,4-9H2,1-3H3. The summed E-state index contributed by atoms with van der Waals surface area (Å²) in [5, 5.41) is 4.49. The van der Waals surface area contributed by atoms with E-state index in [9.17, 15) is 0 Å². The normalized spacial score (nSPS) is 23.8. The second-order valence-corrected chi connectivity index (χ2v) is 6.47. The lowest BCUT2D eigenvalue weighted by Gasteiger charge is -2.38. The lowest BCUT2D eigenvalue weighted by atomic mass is 9.72. The zero-order valence-electron chi connectivity index (χ0n) is 13.5. The van der Waals surface area contributed by atoms with Crippen molar-refractivity contribution >= 4 is 11.6 Å². The van der Waals surface area contributed by atoms with Crippen LogP contribution in [0.15, 0.2) is 18.2 Å². The van der Waals surface area contributed by atoms with Crippen molar-refractivity contribution < 1.29 is 4.74 Å². The molecule has 3 heteroatoms. The highest BCUT2D eigenvalue weighted by Gasteiger charge is 2.32. The van der Waals surface area contributed by atoms with E-state index >= 15 is 0 Å². The van der Waals surface area contributed by atoms with E-state index in [2.05, 4.69) is 25.2 Å². The molecule has 0 radical (unpaired) electrons. The second-order valence-electron chi connectivity index (χ2n) is 6.04. The van der Waals surface area contributed by atoms with Crippen LogP contribution in [0, 0.1) is 11.8 Å². The molecule has 0 heterocycles. The van der Waals surface area contributed by atoms with Gasteiger partial charge in [-0.2, -0.15) is 0 Å². The summed E-state index contributed by atoms with van der Waals surface area (Å²) in [5.41, 5.74) is 1.22. The molecule has 1 aliphatic carbocycles. The van der Waals surface area contributed by atoms with Gasteiger partial charge in [-0.05, 0) is 43.0 Å². The third kappa shape index (κ3) is 3.92. The fourth-order valence-corrected chi connectivity index (χ4v) is 4.02. The number of nitrogens with one attached hydrogen (secondary N) is 1. The van der Waals surface area contributed by atoms with Crippen molar-refractivity contribution in [3.63, 3.8) is 0 Å². The van der Waals surface area contributed by atoms with Crippen LogP contribution in [-0.2, 0) is 0 Å². The molecule has 0 bridgehead atoms. The summed E-state index contributed by atoms with van der Waals surface area (Å²) in [7, 11) is 1.74. The van der Waals surface area contributed by atoms with Crippen LogP contribution in [0.4, 0.5) is 0 Å². The number of benzene rings is 1. The Morgan fingerprint density at radius 2 is 2.05 bits per heavy atom. The van der Waals surface area contributed by atoms with Crippen molar-refractivity contribution in [2.24, 2.45) is 11.8 Å². The fraction of sp³-hybridized carbons (Fsp3) is 0.667. The monoisotopic (exact) mass is 309 g/mol. The maximum Gasteiger partial charge on any atom is 0.123 e. The summed E-state index contributed by atoms with van der Waals surface area (Å²) in [5.74, 6) is 2.42. The first-order valence-corrected chi connectivity index (χ1v) is 8.65. The molecule has 0 aromatic heterocycles. The van der Waals surface area contributed by atoms with Gasteiger partial charge in [-0.25, -0.2) is 0 Å². The predicted molar refractivity (Wildman–Crippen MR) is 90.2 cm³/mol. The SMILES string of the molecule is CCNC(c1cc(Cl)ccc1OC)C1CCCCC1CC. The first-order chi connectivity index (χ1) is 10.2. The molecule has 1 aliphatic rings. The fourth-order valence-electron chi connectivity index (χ4n) is 3.84. The molecule has 1 aromatic rings. The molecule has 0 aliphatic heterocycles. The molecular formula is C18H28ClNO. The van der Waals surface area contributed by atoms with Gasteiger partial charge in [0, 0.05) is 16.6 Å². The van der Waals surface area contributed by atoms with Crippen molar-refractivity contribution in [2.45, 2.75) is 52.0 Å². The lowest BCUT2D eigenvalue weighted by molar-refractivity contribution is 0.174. The molecule has 0 spiro atoms. The maximum atomic E-state index is 6.24. The number of rotatable bonds is 6. The van der Waals surface area contributed by atoms with E-state index in [4.69, 9.17) is 16.3 Å². The lowest BCUT2D eigenvalue weighted by Crippen LogP contribution is -2.34. The Bertz CT molecular complexity index is 449. The molecular weight excluding hydrogens is 282 g/mol. The molecule has 1 saturated carbocycles. The van der Waals surface area contributed by atoms with Crippen LogP contribution < -0.4 is 10.1 Å². The van der Waals surface area contributed by atoms with E-state index in [0.717, 1.165) is 23.2 Å². The van der Waals surface area contributed by atoms with Crippen LogP contribution in [0.2, 0.25) is 5.02 Å². The number of ether oxygens (including phenoxy) is 1. The summed E-state index contributed by atoms with van der Waals surface area (Å²) >= 11 is 6.24. The molecule has 3 atom stereocenters. The second kappa shape index (κ2) is 8.05. The van der Waals surface area contributed by atoms with Crippen molar-refractivity contribution in [3.8, 4) is 5.75 Å². The smallest absolute Gasteiger partial charge is 0.123 e. The molecule has 1 fully saturated rings. The van der Waals surface area contributed by atoms with Gasteiger partial charge in [-0.1, -0.05) is 51.1 Å². The molecule has 0 amide bonds. The minimum atomic E-state index is 0.342. The summed E-state index contributed by atoms with van der Waals surface area (Å²) in [6.07, 6.45) is 6.62. The van der Waals surface area contributed by atoms with E-state index in [-0.39, 0.29) is 0 Å². The average molecular weight is 310 g/mol. The van der Waals surface area contributed by atoms with Gasteiger partial charge < -0.3 is 10.1 Å². The van der Waals surface area contributed by atoms with Crippen molar-refractivity contribution in [2.75, 3.05) is 13.7 Å². The van der Waals surface area contributed by atoms with Crippen molar-refractivity contribution in [1.29, 1.82) is 0 Å². The third-order valence-electron chi connectivity index (χ3n) is 4.87. The Morgan fingerprint density at radius 3 is 2.71 bits per heavy atom. The maximum absolute atomic E-state index is 6.24. The Balaban J connectivity index is 2.35. The van der Waals surface area contributed by atoms with Gasteiger partial charge in [0.05, 0.1) is 7.11 Å². The van der Waals surface area contributed by atoms with E-state index in [1.165, 1.54) is 37.7 Å². The van der Waals surface area contributed by atoms with Crippen molar-refractivity contribution in [3.05, 3.63) is 28.8 Å². The Labute approximate surface area is 134 Å². The van der Waals surface area contributed by atoms with Gasteiger partial charge in [-0.3, -0.25) is 0 Å². The molecule has 1 N–H and O–H groups in total. The number of methoxy groups -OCH3 is 1. The number of hydrogen-bond donors (Lipinski definition) is 1. The van der Waals surface area contributed by atoms with Gasteiger partial charge in [0.2, 0.25) is 0 Å². The van der Waals surface area contributed by atoms with Crippen LogP contribution in [0.3, 0.4) is 0 Å². The molecule has 2 rings (SSSR count). The van der Waals surface area contributed by atoms with Gasteiger partial charge >= 0.3 is 0 Å². The van der Waals surface area contributed by atoms with Crippen LogP contribution >= 0.6 is 11.6 Å². The van der Waals surface area contributed by atoms with E-state index < -0.39 is 0 Å².